The van der Waals surface area contributed by atoms with Gasteiger partial charge in [0.05, 0.1) is 0 Å². The van der Waals surface area contributed by atoms with E-state index in [2.05, 4.69) is 6.92 Å². The van der Waals surface area contributed by atoms with Crippen LogP contribution in [0.2, 0.25) is 0 Å². The molecule has 0 aromatic heterocycles. The van der Waals surface area contributed by atoms with Crippen LogP contribution in [0.5, 0.6) is 0 Å². The van der Waals surface area contributed by atoms with Crippen molar-refractivity contribution in [2.75, 3.05) is 11.5 Å². The molecule has 0 atom stereocenters. The molecule has 0 fully saturated rings. The van der Waals surface area contributed by atoms with Crippen molar-refractivity contribution >= 4 is 17.4 Å². The van der Waals surface area contributed by atoms with Gasteiger partial charge in [-0.15, -0.1) is 11.8 Å². The molecule has 0 heterocycles. The average molecular weight is 199 g/mol. The van der Waals surface area contributed by atoms with Crippen LogP contribution in [0.25, 0.3) is 0 Å². The van der Waals surface area contributed by atoms with Gasteiger partial charge >= 0.3 is 0 Å². The lowest BCUT2D eigenvalue weighted by molar-refractivity contribution is 0.627. The molecule has 1 nitrogen and oxygen atoms in total. The topological polar surface area (TPSA) is 26.0 Å². The van der Waals surface area contributed by atoms with Gasteiger partial charge in [-0.1, -0.05) is 13.3 Å². The van der Waals surface area contributed by atoms with Crippen molar-refractivity contribution in [1.82, 2.24) is 0 Å². The monoisotopic (exact) mass is 199 g/mol. The fourth-order valence-corrected chi connectivity index (χ4v) is 2.02. The van der Waals surface area contributed by atoms with E-state index in [0.29, 0.717) is 5.69 Å². The highest BCUT2D eigenvalue weighted by molar-refractivity contribution is 7.99. The number of hydrogen-bond donors (Lipinski definition) is 1. The first-order valence-electron chi connectivity index (χ1n) is 4.42. The van der Waals surface area contributed by atoms with Gasteiger partial charge in [0.1, 0.15) is 5.82 Å². The minimum atomic E-state index is -0.266. The molecule has 1 aromatic rings. The Morgan fingerprint density at radius 2 is 2.23 bits per heavy atom. The number of nitrogen functional groups attached to an aromatic ring is 1. The number of nitrogens with two attached hydrogens (primary N) is 1. The minimum Gasteiger partial charge on any atom is -0.398 e. The number of anilines is 1. The first-order chi connectivity index (χ1) is 6.24. The van der Waals surface area contributed by atoms with Crippen LogP contribution in [0, 0.1) is 5.82 Å². The number of halogens is 1. The normalized spacial score (nSPS) is 10.3. The molecule has 0 aliphatic heterocycles. The summed E-state index contributed by atoms with van der Waals surface area (Å²) in [7, 11) is 0. The zero-order valence-corrected chi connectivity index (χ0v) is 8.53. The summed E-state index contributed by atoms with van der Waals surface area (Å²) in [5, 5.41) is 0. The van der Waals surface area contributed by atoms with Crippen molar-refractivity contribution in [3.05, 3.63) is 24.0 Å². The van der Waals surface area contributed by atoms with E-state index < -0.39 is 0 Å². The van der Waals surface area contributed by atoms with Crippen molar-refractivity contribution in [3.8, 4) is 0 Å². The molecule has 0 unspecified atom stereocenters. The van der Waals surface area contributed by atoms with Gasteiger partial charge in [-0.3, -0.25) is 0 Å². The van der Waals surface area contributed by atoms with E-state index in [-0.39, 0.29) is 5.82 Å². The Balaban J connectivity index is 2.56. The summed E-state index contributed by atoms with van der Waals surface area (Å²) in [6.07, 6.45) is 2.34. The molecule has 0 saturated carbocycles. The van der Waals surface area contributed by atoms with Gasteiger partial charge in [0, 0.05) is 10.6 Å². The van der Waals surface area contributed by atoms with Gasteiger partial charge in [0.2, 0.25) is 0 Å². The molecule has 72 valence electrons. The van der Waals surface area contributed by atoms with Crippen LogP contribution in [-0.2, 0) is 0 Å². The third kappa shape index (κ3) is 3.27. The summed E-state index contributed by atoms with van der Waals surface area (Å²) in [6.45, 7) is 2.15. The van der Waals surface area contributed by atoms with Crippen LogP contribution in [0.1, 0.15) is 19.8 Å². The third-order valence-electron chi connectivity index (χ3n) is 1.73. The van der Waals surface area contributed by atoms with Crippen LogP contribution >= 0.6 is 11.8 Å². The van der Waals surface area contributed by atoms with E-state index in [1.807, 2.05) is 0 Å². The maximum atomic E-state index is 12.6. The fraction of sp³-hybridized carbons (Fsp3) is 0.400. The number of rotatable bonds is 4. The standard InChI is InChI=1S/C10H14FNS/c1-2-3-6-13-10-5-4-8(11)7-9(10)12/h4-5,7H,2-3,6,12H2,1H3. The summed E-state index contributed by atoms with van der Waals surface area (Å²) in [5.41, 5.74) is 6.19. The van der Waals surface area contributed by atoms with Crippen molar-refractivity contribution in [2.24, 2.45) is 0 Å². The molecule has 13 heavy (non-hydrogen) atoms. The Bertz CT molecular complexity index is 276. The molecule has 0 saturated heterocycles. The Morgan fingerprint density at radius 3 is 2.85 bits per heavy atom. The lowest BCUT2D eigenvalue weighted by Crippen LogP contribution is -1.90. The molecule has 0 aliphatic carbocycles. The van der Waals surface area contributed by atoms with Gasteiger partial charge < -0.3 is 5.73 Å². The Morgan fingerprint density at radius 1 is 1.46 bits per heavy atom. The van der Waals surface area contributed by atoms with Crippen LogP contribution in [0.15, 0.2) is 23.1 Å². The molecule has 3 heteroatoms. The highest BCUT2D eigenvalue weighted by atomic mass is 32.2. The van der Waals surface area contributed by atoms with Gasteiger partial charge in [-0.05, 0) is 30.4 Å². The van der Waals surface area contributed by atoms with E-state index in [1.165, 1.54) is 25.0 Å². The molecule has 1 rings (SSSR count). The van der Waals surface area contributed by atoms with Gasteiger partial charge in [-0.25, -0.2) is 4.39 Å². The number of thioether (sulfide) groups is 1. The second-order valence-electron chi connectivity index (χ2n) is 2.88. The highest BCUT2D eigenvalue weighted by Crippen LogP contribution is 2.26. The molecule has 0 bridgehead atoms. The first kappa shape index (κ1) is 10.4. The van der Waals surface area contributed by atoms with Crippen LogP contribution in [0.4, 0.5) is 10.1 Å². The van der Waals surface area contributed by atoms with E-state index >= 15 is 0 Å². The second-order valence-corrected chi connectivity index (χ2v) is 4.02. The third-order valence-corrected chi connectivity index (χ3v) is 2.90. The van der Waals surface area contributed by atoms with Crippen LogP contribution in [-0.4, -0.2) is 5.75 Å². The Kier molecular flexibility index (Phi) is 4.09. The molecule has 0 amide bonds. The SMILES string of the molecule is CCCCSc1ccc(F)cc1N. The quantitative estimate of drug-likeness (QED) is 0.457. The predicted molar refractivity (Wildman–Crippen MR) is 56.4 cm³/mol. The Hall–Kier alpha value is -0.700. The largest absolute Gasteiger partial charge is 0.398 e. The zero-order valence-electron chi connectivity index (χ0n) is 7.72. The predicted octanol–water partition coefficient (Wildman–Crippen LogP) is 3.30. The smallest absolute Gasteiger partial charge is 0.125 e. The molecule has 1 aromatic carbocycles. The number of hydrogen-bond acceptors (Lipinski definition) is 2. The lowest BCUT2D eigenvalue weighted by atomic mass is 10.3. The molecule has 2 N–H and O–H groups in total. The molecule has 0 radical (unpaired) electrons. The van der Waals surface area contributed by atoms with Gasteiger partial charge in [0.15, 0.2) is 0 Å². The lowest BCUT2D eigenvalue weighted by Gasteiger charge is -2.04. The average Bonchev–Trinajstić information content (AvgIpc) is 2.09. The van der Waals surface area contributed by atoms with E-state index in [1.54, 1.807) is 17.8 Å². The maximum Gasteiger partial charge on any atom is 0.125 e. The minimum absolute atomic E-state index is 0.266. The van der Waals surface area contributed by atoms with Crippen molar-refractivity contribution in [3.63, 3.8) is 0 Å². The molecular weight excluding hydrogens is 185 g/mol. The van der Waals surface area contributed by atoms with Crippen molar-refractivity contribution < 1.29 is 4.39 Å². The van der Waals surface area contributed by atoms with E-state index in [9.17, 15) is 4.39 Å². The highest BCUT2D eigenvalue weighted by Gasteiger charge is 2.00. The van der Waals surface area contributed by atoms with Gasteiger partial charge in [0.25, 0.3) is 0 Å². The zero-order chi connectivity index (χ0) is 9.68. The Labute approximate surface area is 82.5 Å². The fourth-order valence-electron chi connectivity index (χ4n) is 0.977. The molecular formula is C10H14FNS. The number of benzene rings is 1. The van der Waals surface area contributed by atoms with Crippen LogP contribution in [0.3, 0.4) is 0 Å². The summed E-state index contributed by atoms with van der Waals surface area (Å²) in [4.78, 5) is 0.981. The summed E-state index contributed by atoms with van der Waals surface area (Å²) in [6, 6.07) is 4.56. The summed E-state index contributed by atoms with van der Waals surface area (Å²) in [5.74, 6) is 0.782. The van der Waals surface area contributed by atoms with Crippen molar-refractivity contribution in [2.45, 2.75) is 24.7 Å². The van der Waals surface area contributed by atoms with Crippen molar-refractivity contribution in [1.29, 1.82) is 0 Å². The number of unbranched alkanes of at least 4 members (excludes halogenated alkanes) is 1. The van der Waals surface area contributed by atoms with E-state index in [4.69, 9.17) is 5.73 Å². The van der Waals surface area contributed by atoms with Gasteiger partial charge in [-0.2, -0.15) is 0 Å². The second kappa shape index (κ2) is 5.12. The first-order valence-corrected chi connectivity index (χ1v) is 5.40. The van der Waals surface area contributed by atoms with E-state index in [0.717, 1.165) is 10.6 Å². The summed E-state index contributed by atoms with van der Waals surface area (Å²) < 4.78 is 12.6. The molecule has 0 spiro atoms. The molecule has 0 aliphatic rings. The summed E-state index contributed by atoms with van der Waals surface area (Å²) >= 11 is 1.69. The van der Waals surface area contributed by atoms with Crippen LogP contribution < -0.4 is 5.73 Å². The maximum absolute atomic E-state index is 12.6.